The summed E-state index contributed by atoms with van der Waals surface area (Å²) in [7, 11) is -4.24. The number of carbonyl (C=O) groups excluding carboxylic acids is 4. The molecule has 0 saturated heterocycles. The van der Waals surface area contributed by atoms with Gasteiger partial charge in [-0.3, -0.25) is 19.2 Å². The van der Waals surface area contributed by atoms with Gasteiger partial charge in [0.1, 0.15) is 17.3 Å². The summed E-state index contributed by atoms with van der Waals surface area (Å²) in [6.07, 6.45) is 0. The summed E-state index contributed by atoms with van der Waals surface area (Å²) in [4.78, 5) is 55.7. The van der Waals surface area contributed by atoms with Crippen molar-refractivity contribution in [3.05, 3.63) is 124 Å². The summed E-state index contributed by atoms with van der Waals surface area (Å²) in [6, 6.07) is 21.3. The Hall–Kier alpha value is -4.68. The van der Waals surface area contributed by atoms with Gasteiger partial charge in [0.05, 0.1) is 16.8 Å². The average Bonchev–Trinajstić information content (AvgIpc) is 3.27. The lowest BCUT2D eigenvalue weighted by atomic mass is 9.96. The molecule has 0 aromatic heterocycles. The zero-order valence-electron chi connectivity index (χ0n) is 30.4. The van der Waals surface area contributed by atoms with Crippen LogP contribution in [0.5, 0.6) is 11.5 Å². The second-order valence-corrected chi connectivity index (χ2v) is 25.3. The summed E-state index contributed by atoms with van der Waals surface area (Å²) >= 11 is 0. The normalized spacial score (nSPS) is 13.7. The molecule has 0 aliphatic carbocycles. The SMILES string of the molecule is CC(C)(C)[Si](C)(C)Oc1ccc(C(=O)c2cc(C(=O)c3ccc(O[Si](C)(C)C(C)(C)C)cc3)cc(N3C(=O)c4ccc(F)cc4C3=O)c2)cc1. The Balaban J connectivity index is 1.52. The monoisotopic (exact) mass is 709 g/mol. The van der Waals surface area contributed by atoms with Crippen LogP contribution in [0.15, 0.2) is 84.9 Å². The first kappa shape index (κ1) is 36.6. The van der Waals surface area contributed by atoms with Gasteiger partial charge in [-0.25, -0.2) is 9.29 Å². The van der Waals surface area contributed by atoms with Crippen molar-refractivity contribution < 1.29 is 32.4 Å². The highest BCUT2D eigenvalue weighted by molar-refractivity contribution is 6.75. The Morgan fingerprint density at radius 1 is 0.560 bits per heavy atom. The minimum Gasteiger partial charge on any atom is -0.544 e. The number of imide groups is 1. The smallest absolute Gasteiger partial charge is 0.266 e. The van der Waals surface area contributed by atoms with Crippen LogP contribution in [0.3, 0.4) is 0 Å². The quantitative estimate of drug-likeness (QED) is 0.0977. The van der Waals surface area contributed by atoms with E-state index in [4.69, 9.17) is 8.85 Å². The van der Waals surface area contributed by atoms with Crippen LogP contribution in [-0.4, -0.2) is 40.0 Å². The third kappa shape index (κ3) is 7.13. The molecule has 4 aromatic carbocycles. The van der Waals surface area contributed by atoms with Crippen LogP contribution in [0.2, 0.25) is 36.3 Å². The van der Waals surface area contributed by atoms with Crippen LogP contribution < -0.4 is 13.8 Å². The van der Waals surface area contributed by atoms with Crippen LogP contribution in [-0.2, 0) is 0 Å². The Kier molecular flexibility index (Phi) is 9.44. The fourth-order valence-corrected chi connectivity index (χ4v) is 7.09. The van der Waals surface area contributed by atoms with Crippen molar-refractivity contribution in [2.75, 3.05) is 4.90 Å². The number of ketones is 2. The summed E-state index contributed by atoms with van der Waals surface area (Å²) < 4.78 is 26.8. The fourth-order valence-electron chi connectivity index (χ4n) is 5.03. The first-order valence-corrected chi connectivity index (χ1v) is 22.4. The highest BCUT2D eigenvalue weighted by atomic mass is 28.4. The average molecular weight is 710 g/mol. The zero-order valence-corrected chi connectivity index (χ0v) is 32.4. The first-order chi connectivity index (χ1) is 23.1. The zero-order chi connectivity index (χ0) is 37.0. The second-order valence-electron chi connectivity index (χ2n) is 15.8. The Bertz CT molecular complexity index is 1900. The third-order valence-electron chi connectivity index (χ3n) is 10.1. The summed E-state index contributed by atoms with van der Waals surface area (Å²) in [5.41, 5.74) is 0.847. The number of rotatable bonds is 9. The molecule has 0 spiro atoms. The van der Waals surface area contributed by atoms with Gasteiger partial charge in [-0.2, -0.15) is 0 Å². The lowest BCUT2D eigenvalue weighted by molar-refractivity contribution is 0.0922. The maximum Gasteiger partial charge on any atom is 0.266 e. The number of fused-ring (bicyclic) bond motifs is 1. The lowest BCUT2D eigenvalue weighted by Gasteiger charge is -2.36. The van der Waals surface area contributed by atoms with Crippen molar-refractivity contribution in [1.82, 2.24) is 0 Å². The van der Waals surface area contributed by atoms with Gasteiger partial charge in [0, 0.05) is 22.3 Å². The summed E-state index contributed by atoms with van der Waals surface area (Å²) in [5, 5.41) is -0.0301. The van der Waals surface area contributed by atoms with E-state index in [1.807, 2.05) is 0 Å². The van der Waals surface area contributed by atoms with E-state index in [9.17, 15) is 23.6 Å². The second kappa shape index (κ2) is 12.9. The van der Waals surface area contributed by atoms with Crippen molar-refractivity contribution in [3.63, 3.8) is 0 Å². The Morgan fingerprint density at radius 2 is 0.960 bits per heavy atom. The molecule has 0 radical (unpaired) electrons. The van der Waals surface area contributed by atoms with Crippen LogP contribution in [0.25, 0.3) is 0 Å². The van der Waals surface area contributed by atoms with E-state index >= 15 is 0 Å². The van der Waals surface area contributed by atoms with Crippen molar-refractivity contribution in [3.8, 4) is 11.5 Å². The van der Waals surface area contributed by atoms with Crippen molar-refractivity contribution >= 4 is 45.7 Å². The fraction of sp³-hybridized carbons (Fsp3) is 0.300. The van der Waals surface area contributed by atoms with Crippen LogP contribution >= 0.6 is 0 Å². The molecule has 1 aliphatic rings. The molecular weight excluding hydrogens is 666 g/mol. The molecule has 50 heavy (non-hydrogen) atoms. The van der Waals surface area contributed by atoms with Crippen LogP contribution in [0.1, 0.15) is 94.1 Å². The molecule has 1 aliphatic heterocycles. The molecule has 4 aromatic rings. The van der Waals surface area contributed by atoms with Crippen LogP contribution in [0.4, 0.5) is 10.1 Å². The van der Waals surface area contributed by atoms with Gasteiger partial charge in [-0.1, -0.05) is 41.5 Å². The lowest BCUT2D eigenvalue weighted by Crippen LogP contribution is -2.43. The Labute approximate surface area is 295 Å². The predicted molar refractivity (Wildman–Crippen MR) is 199 cm³/mol. The summed E-state index contributed by atoms with van der Waals surface area (Å²) in [5.74, 6) is -1.61. The van der Waals surface area contributed by atoms with E-state index < -0.39 is 45.8 Å². The number of hydrogen-bond acceptors (Lipinski definition) is 6. The van der Waals surface area contributed by atoms with Gasteiger partial charge in [-0.15, -0.1) is 0 Å². The molecule has 5 rings (SSSR count). The molecule has 0 atom stereocenters. The topological polar surface area (TPSA) is 90.0 Å². The number of nitrogens with zero attached hydrogens (tertiary/aromatic N) is 1. The molecule has 0 unspecified atom stereocenters. The third-order valence-corrected chi connectivity index (χ3v) is 18.9. The Morgan fingerprint density at radius 3 is 1.36 bits per heavy atom. The molecule has 0 fully saturated rings. The van der Waals surface area contributed by atoms with E-state index in [1.54, 1.807) is 48.5 Å². The van der Waals surface area contributed by atoms with E-state index in [2.05, 4.69) is 67.7 Å². The minimum absolute atomic E-state index is 0.0151. The first-order valence-electron chi connectivity index (χ1n) is 16.6. The highest BCUT2D eigenvalue weighted by Gasteiger charge is 2.40. The largest absolute Gasteiger partial charge is 0.544 e. The maximum absolute atomic E-state index is 14.1. The van der Waals surface area contributed by atoms with Crippen molar-refractivity contribution in [2.24, 2.45) is 0 Å². The molecule has 0 bridgehead atoms. The minimum atomic E-state index is -2.12. The van der Waals surface area contributed by atoms with Crippen molar-refractivity contribution in [2.45, 2.75) is 77.8 Å². The van der Waals surface area contributed by atoms with Gasteiger partial charge >= 0.3 is 0 Å². The number of benzene rings is 4. The molecule has 2 amide bonds. The van der Waals surface area contributed by atoms with Gasteiger partial charge in [-0.05, 0) is 121 Å². The standard InChI is InChI=1S/C40H44FNO6Si2/c1-39(2,3)49(7,8)47-31-16-11-25(12-17-31)35(43)27-21-28(36(44)26-13-18-32(19-14-26)48-50(9,10)40(4,5)6)23-30(22-27)42-37(45)33-20-15-29(41)24-34(33)38(42)46/h11-24H,1-10H3. The van der Waals surface area contributed by atoms with Gasteiger partial charge in [0.2, 0.25) is 16.6 Å². The molecule has 10 heteroatoms. The molecule has 1 heterocycles. The number of anilines is 1. The number of amides is 2. The summed E-state index contributed by atoms with van der Waals surface area (Å²) in [6.45, 7) is 21.4. The maximum atomic E-state index is 14.1. The number of hydrogen-bond donors (Lipinski definition) is 0. The van der Waals surface area contributed by atoms with Crippen molar-refractivity contribution in [1.29, 1.82) is 0 Å². The van der Waals surface area contributed by atoms with E-state index in [0.29, 0.717) is 22.6 Å². The van der Waals surface area contributed by atoms with Gasteiger partial charge < -0.3 is 8.85 Å². The van der Waals surface area contributed by atoms with E-state index in [-0.39, 0.29) is 38.0 Å². The molecule has 0 saturated carbocycles. The molecular formula is C40H44FNO6Si2. The number of carbonyl (C=O) groups is 4. The molecule has 0 N–H and O–H groups in total. The van der Waals surface area contributed by atoms with Crippen LogP contribution in [0, 0.1) is 5.82 Å². The van der Waals surface area contributed by atoms with Gasteiger partial charge in [0.15, 0.2) is 11.6 Å². The van der Waals surface area contributed by atoms with E-state index in [0.717, 1.165) is 17.0 Å². The molecule has 7 nitrogen and oxygen atoms in total. The highest BCUT2D eigenvalue weighted by Crippen LogP contribution is 2.39. The number of halogens is 1. The predicted octanol–water partition coefficient (Wildman–Crippen LogP) is 9.86. The van der Waals surface area contributed by atoms with Gasteiger partial charge in [0.25, 0.3) is 11.8 Å². The van der Waals surface area contributed by atoms with E-state index in [1.165, 1.54) is 24.3 Å². The molecule has 260 valence electrons.